The molecule has 2 amide bonds. The molecular formula is C21H23ClN4O3. The largest absolute Gasteiger partial charge is 0.497 e. The van der Waals surface area contributed by atoms with Gasteiger partial charge in [0.2, 0.25) is 0 Å². The second-order valence-electron chi connectivity index (χ2n) is 6.47. The highest BCUT2D eigenvalue weighted by Gasteiger charge is 2.18. The molecule has 29 heavy (non-hydrogen) atoms. The maximum Gasteiger partial charge on any atom is 0.319 e. The minimum Gasteiger partial charge on any atom is -0.497 e. The maximum atomic E-state index is 12.6. The Labute approximate surface area is 174 Å². The lowest BCUT2D eigenvalue weighted by atomic mass is 10.0. The van der Waals surface area contributed by atoms with Crippen molar-refractivity contribution in [1.82, 2.24) is 15.1 Å². The Balaban J connectivity index is 1.75. The van der Waals surface area contributed by atoms with Crippen molar-refractivity contribution in [3.63, 3.8) is 0 Å². The number of carbonyl (C=O) groups is 1. The Morgan fingerprint density at radius 3 is 2.59 bits per heavy atom. The van der Waals surface area contributed by atoms with Crippen LogP contribution in [0.25, 0.3) is 0 Å². The SMILES string of the molecule is COc1ccc(C[C@H](NC(=O)Nc2ccc(Cl)cc2)c2cnn(CCO)c2)cc1. The van der Waals surface area contributed by atoms with Crippen LogP contribution >= 0.6 is 11.6 Å². The highest BCUT2D eigenvalue weighted by atomic mass is 35.5. The summed E-state index contributed by atoms with van der Waals surface area (Å²) in [5.41, 5.74) is 2.53. The molecule has 0 fully saturated rings. The number of nitrogens with zero attached hydrogens (tertiary/aromatic N) is 2. The van der Waals surface area contributed by atoms with Crippen LogP contribution in [0.3, 0.4) is 0 Å². The van der Waals surface area contributed by atoms with E-state index in [9.17, 15) is 4.79 Å². The van der Waals surface area contributed by atoms with E-state index in [1.54, 1.807) is 42.3 Å². The molecule has 1 heterocycles. The molecule has 0 saturated carbocycles. The van der Waals surface area contributed by atoms with Gasteiger partial charge < -0.3 is 20.5 Å². The monoisotopic (exact) mass is 414 g/mol. The van der Waals surface area contributed by atoms with Crippen LogP contribution in [0.4, 0.5) is 10.5 Å². The minimum atomic E-state index is -0.333. The summed E-state index contributed by atoms with van der Waals surface area (Å²) in [6, 6.07) is 14.0. The lowest BCUT2D eigenvalue weighted by Crippen LogP contribution is -2.33. The van der Waals surface area contributed by atoms with E-state index in [0.29, 0.717) is 23.7 Å². The molecule has 0 aliphatic heterocycles. The van der Waals surface area contributed by atoms with Gasteiger partial charge in [-0.15, -0.1) is 0 Å². The van der Waals surface area contributed by atoms with Crippen LogP contribution in [0.15, 0.2) is 60.9 Å². The van der Waals surface area contributed by atoms with Crippen molar-refractivity contribution in [2.45, 2.75) is 19.0 Å². The third-order valence-corrected chi connectivity index (χ3v) is 4.64. The van der Waals surface area contributed by atoms with E-state index in [2.05, 4.69) is 15.7 Å². The van der Waals surface area contributed by atoms with Gasteiger partial charge in [-0.1, -0.05) is 23.7 Å². The smallest absolute Gasteiger partial charge is 0.319 e. The Morgan fingerprint density at radius 1 is 1.21 bits per heavy atom. The van der Waals surface area contributed by atoms with Crippen molar-refractivity contribution in [3.8, 4) is 5.75 Å². The number of aliphatic hydroxyl groups excluding tert-OH is 1. The van der Waals surface area contributed by atoms with Crippen molar-refractivity contribution in [3.05, 3.63) is 77.1 Å². The fourth-order valence-electron chi connectivity index (χ4n) is 2.89. The van der Waals surface area contributed by atoms with Crippen LogP contribution in [-0.4, -0.2) is 34.6 Å². The Kier molecular flexibility index (Phi) is 7.10. The summed E-state index contributed by atoms with van der Waals surface area (Å²) in [7, 11) is 1.62. The summed E-state index contributed by atoms with van der Waals surface area (Å²) in [6.07, 6.45) is 4.10. The number of anilines is 1. The minimum absolute atomic E-state index is 0.00521. The zero-order chi connectivity index (χ0) is 20.6. The van der Waals surface area contributed by atoms with Crippen molar-refractivity contribution >= 4 is 23.3 Å². The van der Waals surface area contributed by atoms with Crippen molar-refractivity contribution in [1.29, 1.82) is 0 Å². The Morgan fingerprint density at radius 2 is 1.93 bits per heavy atom. The number of benzene rings is 2. The number of nitrogens with one attached hydrogen (secondary N) is 2. The average Bonchev–Trinajstić information content (AvgIpc) is 3.19. The number of ether oxygens (including phenoxy) is 1. The molecule has 2 aromatic carbocycles. The standard InChI is InChI=1S/C21H23ClN4O3/c1-29-19-8-2-15(3-9-19)12-20(16-13-23-26(14-16)10-11-27)25-21(28)24-18-6-4-17(22)5-7-18/h2-9,13-14,20,27H,10-12H2,1H3,(H2,24,25,28)/t20-/m0/s1. The lowest BCUT2D eigenvalue weighted by molar-refractivity contribution is 0.248. The van der Waals surface area contributed by atoms with E-state index in [1.807, 2.05) is 30.5 Å². The molecule has 0 saturated heterocycles. The van der Waals surface area contributed by atoms with Gasteiger partial charge in [-0.2, -0.15) is 5.10 Å². The van der Waals surface area contributed by atoms with E-state index < -0.39 is 0 Å². The molecule has 0 unspecified atom stereocenters. The van der Waals surface area contributed by atoms with Gasteiger partial charge in [0.1, 0.15) is 5.75 Å². The molecule has 0 aliphatic carbocycles. The predicted molar refractivity (Wildman–Crippen MR) is 112 cm³/mol. The van der Waals surface area contributed by atoms with Crippen LogP contribution in [0, 0.1) is 0 Å². The van der Waals surface area contributed by atoms with Crippen LogP contribution in [0.1, 0.15) is 17.2 Å². The summed E-state index contributed by atoms with van der Waals surface area (Å²) in [5.74, 6) is 0.773. The van der Waals surface area contributed by atoms with E-state index in [4.69, 9.17) is 21.4 Å². The molecular weight excluding hydrogens is 392 g/mol. The molecule has 152 valence electrons. The molecule has 3 N–H and O–H groups in total. The summed E-state index contributed by atoms with van der Waals surface area (Å²) in [6.45, 7) is 0.390. The van der Waals surface area contributed by atoms with E-state index in [-0.39, 0.29) is 18.7 Å². The van der Waals surface area contributed by atoms with Gasteiger partial charge in [0.25, 0.3) is 0 Å². The number of halogens is 1. The first kappa shape index (κ1) is 20.7. The fourth-order valence-corrected chi connectivity index (χ4v) is 3.02. The maximum absolute atomic E-state index is 12.6. The van der Waals surface area contributed by atoms with Crippen LogP contribution in [0.2, 0.25) is 5.02 Å². The third kappa shape index (κ3) is 5.97. The molecule has 0 spiro atoms. The molecule has 0 aliphatic rings. The lowest BCUT2D eigenvalue weighted by Gasteiger charge is -2.18. The summed E-state index contributed by atoms with van der Waals surface area (Å²) in [5, 5.41) is 19.8. The number of aromatic nitrogens is 2. The predicted octanol–water partition coefficient (Wildman–Crippen LogP) is 3.64. The Hall–Kier alpha value is -3.03. The normalized spacial score (nSPS) is 11.7. The highest BCUT2D eigenvalue weighted by Crippen LogP contribution is 2.21. The highest BCUT2D eigenvalue weighted by molar-refractivity contribution is 6.30. The molecule has 3 aromatic rings. The molecule has 8 heteroatoms. The zero-order valence-electron chi connectivity index (χ0n) is 16.0. The second-order valence-corrected chi connectivity index (χ2v) is 6.91. The van der Waals surface area contributed by atoms with E-state index in [1.165, 1.54) is 0 Å². The number of urea groups is 1. The Bertz CT molecular complexity index is 926. The molecule has 7 nitrogen and oxygen atoms in total. The summed E-state index contributed by atoms with van der Waals surface area (Å²) in [4.78, 5) is 12.6. The number of aliphatic hydroxyl groups is 1. The first-order valence-electron chi connectivity index (χ1n) is 9.16. The number of methoxy groups -OCH3 is 1. The van der Waals surface area contributed by atoms with Crippen molar-refractivity contribution in [2.75, 3.05) is 19.0 Å². The zero-order valence-corrected chi connectivity index (χ0v) is 16.8. The van der Waals surface area contributed by atoms with Gasteiger partial charge >= 0.3 is 6.03 Å². The van der Waals surface area contributed by atoms with Gasteiger partial charge in [0, 0.05) is 22.5 Å². The number of hydrogen-bond acceptors (Lipinski definition) is 4. The molecule has 1 aromatic heterocycles. The number of carbonyl (C=O) groups excluding carboxylic acids is 1. The van der Waals surface area contributed by atoms with Crippen molar-refractivity contribution < 1.29 is 14.6 Å². The summed E-state index contributed by atoms with van der Waals surface area (Å²) < 4.78 is 6.85. The second kappa shape index (κ2) is 9.95. The average molecular weight is 415 g/mol. The van der Waals surface area contributed by atoms with Gasteiger partial charge in [-0.3, -0.25) is 4.68 Å². The summed E-state index contributed by atoms with van der Waals surface area (Å²) >= 11 is 5.89. The molecule has 0 radical (unpaired) electrons. The molecule has 1 atom stereocenters. The van der Waals surface area contributed by atoms with Gasteiger partial charge in [-0.25, -0.2) is 4.79 Å². The quantitative estimate of drug-likeness (QED) is 0.525. The first-order chi connectivity index (χ1) is 14.1. The topological polar surface area (TPSA) is 88.4 Å². The first-order valence-corrected chi connectivity index (χ1v) is 9.54. The van der Waals surface area contributed by atoms with Gasteiger partial charge in [-0.05, 0) is 48.4 Å². The van der Waals surface area contributed by atoms with Crippen LogP contribution in [0.5, 0.6) is 5.75 Å². The number of hydrogen-bond donors (Lipinski definition) is 3. The van der Waals surface area contributed by atoms with E-state index in [0.717, 1.165) is 16.9 Å². The molecule has 0 bridgehead atoms. The van der Waals surface area contributed by atoms with Crippen LogP contribution < -0.4 is 15.4 Å². The number of rotatable bonds is 8. The number of amides is 2. The van der Waals surface area contributed by atoms with Gasteiger partial charge in [0.15, 0.2) is 0 Å². The van der Waals surface area contributed by atoms with Gasteiger partial charge in [0.05, 0.1) is 32.5 Å². The third-order valence-electron chi connectivity index (χ3n) is 4.39. The van der Waals surface area contributed by atoms with E-state index >= 15 is 0 Å². The molecule has 3 rings (SSSR count). The van der Waals surface area contributed by atoms with Crippen LogP contribution in [-0.2, 0) is 13.0 Å². The fraction of sp³-hybridized carbons (Fsp3) is 0.238. The van der Waals surface area contributed by atoms with Crippen molar-refractivity contribution in [2.24, 2.45) is 0 Å².